The first-order chi connectivity index (χ1) is 4.79. The summed E-state index contributed by atoms with van der Waals surface area (Å²) in [6, 6.07) is 1.57. The number of hydrogen-bond donors (Lipinski definition) is 2. The molecule has 0 aliphatic heterocycles. The van der Waals surface area contributed by atoms with Gasteiger partial charge in [-0.25, -0.2) is 0 Å². The van der Waals surface area contributed by atoms with Crippen molar-refractivity contribution in [3.05, 3.63) is 23.7 Å². The Bertz CT molecular complexity index is 244. The molecule has 1 heterocycles. The molecule has 1 aromatic rings. The highest BCUT2D eigenvalue weighted by Crippen LogP contribution is 2.29. The second kappa shape index (κ2) is 1.84. The van der Waals surface area contributed by atoms with Crippen LogP contribution in [0, 0.1) is 0 Å². The fraction of sp³-hybridized carbons (Fsp3) is 0.429. The molecule has 0 spiro atoms. The van der Waals surface area contributed by atoms with Crippen molar-refractivity contribution in [1.29, 1.82) is 0 Å². The summed E-state index contributed by atoms with van der Waals surface area (Å²) in [5.41, 5.74) is 6.58. The van der Waals surface area contributed by atoms with Gasteiger partial charge in [-0.2, -0.15) is 0 Å². The van der Waals surface area contributed by atoms with E-state index in [2.05, 4.69) is 0 Å². The van der Waals surface area contributed by atoms with E-state index in [0.29, 0.717) is 6.42 Å². The number of hydrogen-bond acceptors (Lipinski definition) is 3. The SMILES string of the molecule is NC1c2ccoc2CC1O. The molecule has 2 rings (SSSR count). The monoisotopic (exact) mass is 139 g/mol. The van der Waals surface area contributed by atoms with Crippen LogP contribution < -0.4 is 5.73 Å². The minimum Gasteiger partial charge on any atom is -0.469 e. The van der Waals surface area contributed by atoms with Crippen LogP contribution in [0.2, 0.25) is 0 Å². The molecule has 0 saturated carbocycles. The van der Waals surface area contributed by atoms with Gasteiger partial charge in [0.15, 0.2) is 0 Å². The molecule has 3 heteroatoms. The lowest BCUT2D eigenvalue weighted by molar-refractivity contribution is 0.154. The predicted octanol–water partition coefficient (Wildman–Crippen LogP) is 0.196. The summed E-state index contributed by atoms with van der Waals surface area (Å²) in [7, 11) is 0. The van der Waals surface area contributed by atoms with Crippen molar-refractivity contribution >= 4 is 0 Å². The highest BCUT2D eigenvalue weighted by Gasteiger charge is 2.30. The van der Waals surface area contributed by atoms with Gasteiger partial charge in [0.1, 0.15) is 5.76 Å². The van der Waals surface area contributed by atoms with Gasteiger partial charge in [0.05, 0.1) is 18.4 Å². The third-order valence-corrected chi connectivity index (χ3v) is 1.95. The van der Waals surface area contributed by atoms with E-state index in [1.807, 2.05) is 6.07 Å². The summed E-state index contributed by atoms with van der Waals surface area (Å²) < 4.78 is 5.08. The van der Waals surface area contributed by atoms with Gasteiger partial charge in [-0.05, 0) is 6.07 Å². The molecule has 1 aliphatic rings. The molecule has 0 radical (unpaired) electrons. The molecule has 3 N–H and O–H groups in total. The highest BCUT2D eigenvalue weighted by molar-refractivity contribution is 5.28. The zero-order valence-electron chi connectivity index (χ0n) is 5.45. The Hall–Kier alpha value is -0.800. The van der Waals surface area contributed by atoms with Crippen LogP contribution in [0.15, 0.2) is 16.7 Å². The van der Waals surface area contributed by atoms with Gasteiger partial charge in [0, 0.05) is 12.0 Å². The predicted molar refractivity (Wildman–Crippen MR) is 35.3 cm³/mol. The van der Waals surface area contributed by atoms with E-state index >= 15 is 0 Å². The van der Waals surface area contributed by atoms with E-state index < -0.39 is 6.10 Å². The highest BCUT2D eigenvalue weighted by atomic mass is 16.3. The summed E-state index contributed by atoms with van der Waals surface area (Å²) in [6.07, 6.45) is 1.72. The molecule has 0 aromatic carbocycles. The van der Waals surface area contributed by atoms with E-state index in [1.54, 1.807) is 6.26 Å². The first-order valence-corrected chi connectivity index (χ1v) is 3.29. The molecular weight excluding hydrogens is 130 g/mol. The van der Waals surface area contributed by atoms with Crippen molar-refractivity contribution in [2.45, 2.75) is 18.6 Å². The maximum absolute atomic E-state index is 9.22. The number of nitrogens with two attached hydrogens (primary N) is 1. The molecule has 54 valence electrons. The molecule has 2 unspecified atom stereocenters. The van der Waals surface area contributed by atoms with E-state index in [1.165, 1.54) is 0 Å². The van der Waals surface area contributed by atoms with Crippen LogP contribution in [-0.2, 0) is 6.42 Å². The molecule has 2 atom stereocenters. The molecule has 1 aliphatic carbocycles. The summed E-state index contributed by atoms with van der Waals surface area (Å²) >= 11 is 0. The number of furan rings is 1. The van der Waals surface area contributed by atoms with Gasteiger partial charge in [-0.15, -0.1) is 0 Å². The lowest BCUT2D eigenvalue weighted by Crippen LogP contribution is -2.21. The largest absolute Gasteiger partial charge is 0.469 e. The van der Waals surface area contributed by atoms with Crippen LogP contribution in [0.3, 0.4) is 0 Å². The smallest absolute Gasteiger partial charge is 0.111 e. The van der Waals surface area contributed by atoms with Gasteiger partial charge in [-0.1, -0.05) is 0 Å². The standard InChI is InChI=1S/C7H9NO2/c8-7-4-1-2-10-6(4)3-5(7)9/h1-2,5,7,9H,3,8H2. The first kappa shape index (κ1) is 5.95. The van der Waals surface area contributed by atoms with Gasteiger partial charge in [0.2, 0.25) is 0 Å². The summed E-state index contributed by atoms with van der Waals surface area (Å²) in [6.45, 7) is 0. The molecule has 0 saturated heterocycles. The van der Waals surface area contributed by atoms with Crippen LogP contribution in [0.1, 0.15) is 17.4 Å². The molecule has 1 aromatic heterocycles. The van der Waals surface area contributed by atoms with E-state index in [4.69, 9.17) is 10.2 Å². The van der Waals surface area contributed by atoms with Crippen molar-refractivity contribution in [3.63, 3.8) is 0 Å². The van der Waals surface area contributed by atoms with E-state index in [0.717, 1.165) is 11.3 Å². The van der Waals surface area contributed by atoms with Crippen molar-refractivity contribution < 1.29 is 9.52 Å². The van der Waals surface area contributed by atoms with Crippen LogP contribution in [-0.4, -0.2) is 11.2 Å². The first-order valence-electron chi connectivity index (χ1n) is 3.29. The quantitative estimate of drug-likeness (QED) is 0.539. The van der Waals surface area contributed by atoms with Crippen LogP contribution >= 0.6 is 0 Å². The van der Waals surface area contributed by atoms with Gasteiger partial charge < -0.3 is 15.3 Å². The van der Waals surface area contributed by atoms with E-state index in [-0.39, 0.29) is 6.04 Å². The van der Waals surface area contributed by atoms with Crippen LogP contribution in [0.25, 0.3) is 0 Å². The number of rotatable bonds is 0. The van der Waals surface area contributed by atoms with Gasteiger partial charge in [0.25, 0.3) is 0 Å². The zero-order chi connectivity index (χ0) is 7.14. The molecule has 0 bridgehead atoms. The van der Waals surface area contributed by atoms with Gasteiger partial charge in [-0.3, -0.25) is 0 Å². The van der Waals surface area contributed by atoms with Crippen molar-refractivity contribution in [2.75, 3.05) is 0 Å². The Kier molecular flexibility index (Phi) is 1.09. The van der Waals surface area contributed by atoms with Crippen molar-refractivity contribution in [3.8, 4) is 0 Å². The minimum absolute atomic E-state index is 0.242. The average Bonchev–Trinajstić information content (AvgIpc) is 2.41. The summed E-state index contributed by atoms with van der Waals surface area (Å²) in [4.78, 5) is 0. The maximum atomic E-state index is 9.22. The van der Waals surface area contributed by atoms with Crippen molar-refractivity contribution in [2.24, 2.45) is 5.73 Å². The Morgan fingerprint density at radius 2 is 2.50 bits per heavy atom. The fourth-order valence-corrected chi connectivity index (χ4v) is 1.34. The number of aliphatic hydroxyl groups excluding tert-OH is 1. The topological polar surface area (TPSA) is 59.4 Å². The second-order valence-corrected chi connectivity index (χ2v) is 2.60. The van der Waals surface area contributed by atoms with E-state index in [9.17, 15) is 5.11 Å². The van der Waals surface area contributed by atoms with Gasteiger partial charge >= 0.3 is 0 Å². The minimum atomic E-state index is -0.449. The lowest BCUT2D eigenvalue weighted by atomic mass is 10.2. The zero-order valence-corrected chi connectivity index (χ0v) is 5.45. The normalized spacial score (nSPS) is 30.6. The molecule has 0 fully saturated rings. The Morgan fingerprint density at radius 3 is 3.20 bits per heavy atom. The van der Waals surface area contributed by atoms with Crippen LogP contribution in [0.4, 0.5) is 0 Å². The fourth-order valence-electron chi connectivity index (χ4n) is 1.34. The van der Waals surface area contributed by atoms with Crippen LogP contribution in [0.5, 0.6) is 0 Å². The third kappa shape index (κ3) is 0.616. The second-order valence-electron chi connectivity index (χ2n) is 2.60. The summed E-state index contributed by atoms with van der Waals surface area (Å²) in [5, 5.41) is 9.22. The molecule has 3 nitrogen and oxygen atoms in total. The molecule has 10 heavy (non-hydrogen) atoms. The Morgan fingerprint density at radius 1 is 1.70 bits per heavy atom. The Labute approximate surface area is 58.4 Å². The lowest BCUT2D eigenvalue weighted by Gasteiger charge is -2.06. The maximum Gasteiger partial charge on any atom is 0.111 e. The molecular formula is C7H9NO2. The molecule has 0 amide bonds. The average molecular weight is 139 g/mol. The van der Waals surface area contributed by atoms with Crippen molar-refractivity contribution in [1.82, 2.24) is 0 Å². The number of fused-ring (bicyclic) bond motifs is 1. The summed E-state index contributed by atoms with van der Waals surface area (Å²) in [5.74, 6) is 0.833. The Balaban J connectivity index is 2.43. The number of aliphatic hydroxyl groups is 1. The third-order valence-electron chi connectivity index (χ3n) is 1.95.